The van der Waals surface area contributed by atoms with Crippen molar-refractivity contribution in [2.75, 3.05) is 37.6 Å². The molecule has 2 aromatic rings. The number of carbonyl (C=O) groups excluding carboxylic acids is 1. The molecule has 2 aliphatic carbocycles. The number of fused-ring (bicyclic) bond motifs is 1. The zero-order valence-corrected chi connectivity index (χ0v) is 18.6. The van der Waals surface area contributed by atoms with E-state index in [1.54, 1.807) is 6.20 Å². The number of nitrogens with zero attached hydrogens (tertiary/aromatic N) is 5. The van der Waals surface area contributed by atoms with Crippen LogP contribution in [0.25, 0.3) is 5.65 Å². The number of hydrogen-bond donors (Lipinski definition) is 1. The molecule has 2 aromatic heterocycles. The molecule has 0 bridgehead atoms. The summed E-state index contributed by atoms with van der Waals surface area (Å²) in [6.45, 7) is 3.21. The highest BCUT2D eigenvalue weighted by molar-refractivity contribution is 7.89. The van der Waals surface area contributed by atoms with E-state index in [1.165, 1.54) is 30.0 Å². The predicted molar refractivity (Wildman–Crippen MR) is 116 cm³/mol. The molecule has 0 unspecified atom stereocenters. The Bertz CT molecular complexity index is 1050. The van der Waals surface area contributed by atoms with Crippen molar-refractivity contribution in [2.24, 2.45) is 11.8 Å². The van der Waals surface area contributed by atoms with Gasteiger partial charge in [-0.3, -0.25) is 4.79 Å². The van der Waals surface area contributed by atoms with Crippen LogP contribution in [0.15, 0.2) is 23.4 Å². The molecule has 5 rings (SSSR count). The molecule has 3 fully saturated rings. The minimum atomic E-state index is -3.68. The lowest BCUT2D eigenvalue weighted by molar-refractivity contribution is -0.132. The molecule has 31 heavy (non-hydrogen) atoms. The van der Waals surface area contributed by atoms with Gasteiger partial charge in [-0.25, -0.2) is 22.6 Å². The number of nitrogens with one attached hydrogen (secondary N) is 1. The summed E-state index contributed by atoms with van der Waals surface area (Å²) in [6, 6.07) is 1.85. The molecule has 0 aromatic carbocycles. The third-order valence-corrected chi connectivity index (χ3v) is 8.15. The minimum Gasteiger partial charge on any atom is -0.353 e. The van der Waals surface area contributed by atoms with E-state index in [0.29, 0.717) is 44.3 Å². The molecule has 0 spiro atoms. The first-order chi connectivity index (χ1) is 15.0. The van der Waals surface area contributed by atoms with Gasteiger partial charge in [-0.05, 0) is 37.7 Å². The first kappa shape index (κ1) is 20.7. The highest BCUT2D eigenvalue weighted by Crippen LogP contribution is 2.31. The molecule has 168 valence electrons. The van der Waals surface area contributed by atoms with Crippen LogP contribution in [-0.2, 0) is 14.8 Å². The Morgan fingerprint density at radius 2 is 1.81 bits per heavy atom. The molecule has 0 radical (unpaired) electrons. The summed E-state index contributed by atoms with van der Waals surface area (Å²) in [6.07, 6.45) is 10.9. The van der Waals surface area contributed by atoms with Crippen molar-refractivity contribution in [3.63, 3.8) is 0 Å². The predicted octanol–water partition coefficient (Wildman–Crippen LogP) is 1.65. The van der Waals surface area contributed by atoms with Gasteiger partial charge in [0.25, 0.3) is 0 Å². The molecular weight excluding hydrogens is 416 g/mol. The number of sulfonamides is 1. The standard InChI is InChI=1S/C21H30N6O3S/c28-21(17-6-7-17)26-12-10-25(11-13-26)19-8-9-27-20(24-19)18(15-22-27)31(29,30)23-14-16-4-2-1-3-5-16/h8-9,15-17,23H,1-7,10-14H2. The van der Waals surface area contributed by atoms with E-state index < -0.39 is 10.0 Å². The van der Waals surface area contributed by atoms with Gasteiger partial charge < -0.3 is 9.80 Å². The third-order valence-electron chi connectivity index (χ3n) is 6.74. The number of amides is 1. The zero-order valence-electron chi connectivity index (χ0n) is 17.7. The van der Waals surface area contributed by atoms with E-state index >= 15 is 0 Å². The largest absolute Gasteiger partial charge is 0.353 e. The van der Waals surface area contributed by atoms with Crippen molar-refractivity contribution >= 4 is 27.4 Å². The second kappa shape index (κ2) is 8.38. The van der Waals surface area contributed by atoms with Crippen LogP contribution in [0.2, 0.25) is 0 Å². The van der Waals surface area contributed by atoms with Gasteiger partial charge in [-0.15, -0.1) is 0 Å². The Balaban J connectivity index is 1.29. The SMILES string of the molecule is O=C(C1CC1)N1CCN(c2ccn3ncc(S(=O)(=O)NCC4CCCCC4)c3n2)CC1. The normalized spacial score (nSPS) is 21.0. The maximum atomic E-state index is 13.0. The van der Waals surface area contributed by atoms with Crippen LogP contribution in [0.4, 0.5) is 5.82 Å². The van der Waals surface area contributed by atoms with Crippen LogP contribution >= 0.6 is 0 Å². The Morgan fingerprint density at radius 1 is 1.06 bits per heavy atom. The van der Waals surface area contributed by atoms with Crippen molar-refractivity contribution in [3.8, 4) is 0 Å². The third kappa shape index (κ3) is 4.41. The van der Waals surface area contributed by atoms with Crippen LogP contribution in [0.3, 0.4) is 0 Å². The number of carbonyl (C=O) groups is 1. The Labute approximate surface area is 182 Å². The highest BCUT2D eigenvalue weighted by atomic mass is 32.2. The summed E-state index contributed by atoms with van der Waals surface area (Å²) >= 11 is 0. The second-order valence-electron chi connectivity index (χ2n) is 9.01. The number of anilines is 1. The quantitative estimate of drug-likeness (QED) is 0.724. The molecule has 1 N–H and O–H groups in total. The zero-order chi connectivity index (χ0) is 21.4. The maximum Gasteiger partial charge on any atom is 0.245 e. The van der Waals surface area contributed by atoms with Crippen molar-refractivity contribution in [3.05, 3.63) is 18.5 Å². The van der Waals surface area contributed by atoms with E-state index in [0.717, 1.165) is 31.5 Å². The Morgan fingerprint density at radius 3 is 2.52 bits per heavy atom. The molecule has 1 aliphatic heterocycles. The molecule has 1 amide bonds. The first-order valence-corrected chi connectivity index (χ1v) is 12.9. The average molecular weight is 447 g/mol. The summed E-state index contributed by atoms with van der Waals surface area (Å²) in [5.41, 5.74) is 0.338. The maximum absolute atomic E-state index is 13.0. The van der Waals surface area contributed by atoms with E-state index in [-0.39, 0.29) is 16.7 Å². The van der Waals surface area contributed by atoms with Crippen LogP contribution in [0.5, 0.6) is 0 Å². The van der Waals surface area contributed by atoms with Crippen molar-refractivity contribution in [2.45, 2.75) is 49.8 Å². The fourth-order valence-corrected chi connectivity index (χ4v) is 5.82. The molecule has 3 heterocycles. The lowest BCUT2D eigenvalue weighted by Crippen LogP contribution is -2.49. The molecule has 1 saturated heterocycles. The lowest BCUT2D eigenvalue weighted by Gasteiger charge is -2.35. The minimum absolute atomic E-state index is 0.118. The van der Waals surface area contributed by atoms with Gasteiger partial charge in [-0.1, -0.05) is 19.3 Å². The van der Waals surface area contributed by atoms with Crippen LogP contribution in [0.1, 0.15) is 44.9 Å². The van der Waals surface area contributed by atoms with Crippen LogP contribution in [0, 0.1) is 11.8 Å². The smallest absolute Gasteiger partial charge is 0.245 e. The Hall–Kier alpha value is -2.20. The van der Waals surface area contributed by atoms with Crippen LogP contribution in [-0.4, -0.2) is 66.5 Å². The number of rotatable bonds is 6. The number of hydrogen-bond acceptors (Lipinski definition) is 6. The summed E-state index contributed by atoms with van der Waals surface area (Å²) in [7, 11) is -3.68. The number of aromatic nitrogens is 3. The molecule has 2 saturated carbocycles. The van der Waals surface area contributed by atoms with Gasteiger partial charge in [0.1, 0.15) is 10.7 Å². The van der Waals surface area contributed by atoms with E-state index in [1.807, 2.05) is 11.0 Å². The fourth-order valence-electron chi connectivity index (χ4n) is 4.65. The summed E-state index contributed by atoms with van der Waals surface area (Å²) < 4.78 is 30.2. The van der Waals surface area contributed by atoms with E-state index in [2.05, 4.69) is 19.7 Å². The summed E-state index contributed by atoms with van der Waals surface area (Å²) in [5.74, 6) is 1.64. The molecule has 0 atom stereocenters. The van der Waals surface area contributed by atoms with Gasteiger partial charge in [0, 0.05) is 44.8 Å². The van der Waals surface area contributed by atoms with Gasteiger partial charge >= 0.3 is 0 Å². The van der Waals surface area contributed by atoms with E-state index in [9.17, 15) is 13.2 Å². The van der Waals surface area contributed by atoms with Crippen LogP contribution < -0.4 is 9.62 Å². The van der Waals surface area contributed by atoms with Gasteiger partial charge in [0.2, 0.25) is 15.9 Å². The van der Waals surface area contributed by atoms with Gasteiger partial charge in [0.05, 0.1) is 6.20 Å². The monoisotopic (exact) mass is 446 g/mol. The van der Waals surface area contributed by atoms with Gasteiger partial charge in [-0.2, -0.15) is 5.10 Å². The van der Waals surface area contributed by atoms with Crippen molar-refractivity contribution in [1.82, 2.24) is 24.2 Å². The molecular formula is C21H30N6O3S. The topological polar surface area (TPSA) is 99.9 Å². The molecule has 3 aliphatic rings. The first-order valence-electron chi connectivity index (χ1n) is 11.4. The second-order valence-corrected chi connectivity index (χ2v) is 10.7. The Kier molecular flexibility index (Phi) is 5.60. The van der Waals surface area contributed by atoms with Gasteiger partial charge in [0.15, 0.2) is 5.65 Å². The molecule has 9 nitrogen and oxygen atoms in total. The fraction of sp³-hybridized carbons (Fsp3) is 0.667. The summed E-state index contributed by atoms with van der Waals surface area (Å²) in [4.78, 5) is 21.1. The molecule has 10 heteroatoms. The van der Waals surface area contributed by atoms with E-state index in [4.69, 9.17) is 0 Å². The highest BCUT2D eigenvalue weighted by Gasteiger charge is 2.34. The number of piperazine rings is 1. The average Bonchev–Trinajstić information content (AvgIpc) is 3.56. The lowest BCUT2D eigenvalue weighted by atomic mass is 9.90. The van der Waals surface area contributed by atoms with Crippen molar-refractivity contribution < 1.29 is 13.2 Å². The summed E-state index contributed by atoms with van der Waals surface area (Å²) in [5, 5.41) is 4.19. The van der Waals surface area contributed by atoms with Crippen molar-refractivity contribution in [1.29, 1.82) is 0 Å².